The van der Waals surface area contributed by atoms with Crippen LogP contribution in [-0.2, 0) is 0 Å². The summed E-state index contributed by atoms with van der Waals surface area (Å²) in [5.74, 6) is -3.60. The number of carbonyl (C=O) groups excluding carboxylic acids is 5. The Hall–Kier alpha value is -3.61. The highest BCUT2D eigenvalue weighted by Gasteiger charge is 2.29. The van der Waals surface area contributed by atoms with Crippen LogP contribution < -0.4 is 10.6 Å². The van der Waals surface area contributed by atoms with Crippen molar-refractivity contribution in [3.8, 4) is 0 Å². The van der Waals surface area contributed by atoms with Gasteiger partial charge in [-0.1, -0.05) is 12.1 Å². The van der Waals surface area contributed by atoms with E-state index in [0.29, 0.717) is 0 Å². The SMILES string of the molecule is O=C1c2ccc3c(c2)C(=O)NC(=O)c2cc1ccc2C(=O)NC3=O. The summed E-state index contributed by atoms with van der Waals surface area (Å²) < 4.78 is 0. The van der Waals surface area contributed by atoms with Crippen LogP contribution >= 0.6 is 0 Å². The summed E-state index contributed by atoms with van der Waals surface area (Å²) in [6.45, 7) is 0. The summed E-state index contributed by atoms with van der Waals surface area (Å²) in [5, 5.41) is 4.31. The Labute approximate surface area is 134 Å². The molecule has 0 saturated heterocycles. The second-order valence-electron chi connectivity index (χ2n) is 5.42. The first kappa shape index (κ1) is 14.0. The average Bonchev–Trinajstić information content (AvgIpc) is 2.58. The number of amides is 4. The number of fused-ring (bicyclic) bond motifs is 4. The molecule has 2 N–H and O–H groups in total. The molecule has 24 heavy (non-hydrogen) atoms. The van der Waals surface area contributed by atoms with E-state index in [-0.39, 0.29) is 33.4 Å². The predicted octanol–water partition coefficient (Wildman–Crippen LogP) is 0.685. The highest BCUT2D eigenvalue weighted by molar-refractivity contribution is 6.24. The second-order valence-corrected chi connectivity index (χ2v) is 5.42. The molecule has 4 amide bonds. The average molecular weight is 320 g/mol. The van der Waals surface area contributed by atoms with Gasteiger partial charge >= 0.3 is 0 Å². The van der Waals surface area contributed by atoms with E-state index in [4.69, 9.17) is 0 Å². The zero-order valence-electron chi connectivity index (χ0n) is 12.0. The number of ketones is 1. The molecule has 0 unspecified atom stereocenters. The van der Waals surface area contributed by atoms with Crippen LogP contribution in [0.2, 0.25) is 0 Å². The lowest BCUT2D eigenvalue weighted by Crippen LogP contribution is -2.39. The lowest BCUT2D eigenvalue weighted by molar-refractivity contribution is 0.0802. The molecule has 2 heterocycles. The van der Waals surface area contributed by atoms with E-state index in [1.54, 1.807) is 0 Å². The van der Waals surface area contributed by atoms with Gasteiger partial charge in [-0.2, -0.15) is 0 Å². The number of imide groups is 2. The van der Waals surface area contributed by atoms with Gasteiger partial charge in [0.1, 0.15) is 0 Å². The lowest BCUT2D eigenvalue weighted by atomic mass is 9.92. The number of benzene rings is 2. The van der Waals surface area contributed by atoms with Gasteiger partial charge in [0.05, 0.1) is 22.3 Å². The molecule has 0 aromatic heterocycles. The maximum Gasteiger partial charge on any atom is 0.258 e. The Morgan fingerprint density at radius 2 is 0.875 bits per heavy atom. The van der Waals surface area contributed by atoms with Gasteiger partial charge in [-0.3, -0.25) is 34.6 Å². The van der Waals surface area contributed by atoms with Crippen LogP contribution in [0.4, 0.5) is 0 Å². The summed E-state index contributed by atoms with van der Waals surface area (Å²) in [4.78, 5) is 61.8. The molecule has 0 atom stereocenters. The third-order valence-corrected chi connectivity index (χ3v) is 4.00. The fraction of sp³-hybridized carbons (Fsp3) is 0. The van der Waals surface area contributed by atoms with E-state index < -0.39 is 29.4 Å². The number of carbonyl (C=O) groups is 5. The van der Waals surface area contributed by atoms with Crippen LogP contribution in [0, 0.1) is 0 Å². The standard InChI is InChI=1S/C17H8N2O5/c20-13-7-1-3-9-11(5-7)16(23)19-17(24)12-6-8(13)2-4-10(12)15(22)18-14(9)21/h1-6H,(H,18,21,22)(H,19,23,24). The molecular formula is C17H8N2O5. The second kappa shape index (κ2) is 4.69. The fourth-order valence-electron chi connectivity index (χ4n) is 2.78. The number of nitrogens with one attached hydrogen (secondary N) is 2. The first-order valence-corrected chi connectivity index (χ1v) is 7.00. The van der Waals surface area contributed by atoms with Crippen molar-refractivity contribution in [2.45, 2.75) is 0 Å². The molecule has 2 aliphatic heterocycles. The van der Waals surface area contributed by atoms with Crippen LogP contribution in [0.25, 0.3) is 0 Å². The first-order chi connectivity index (χ1) is 11.5. The van der Waals surface area contributed by atoms with Crippen LogP contribution in [0.1, 0.15) is 57.4 Å². The Morgan fingerprint density at radius 1 is 0.500 bits per heavy atom. The van der Waals surface area contributed by atoms with Crippen molar-refractivity contribution in [1.82, 2.24) is 10.6 Å². The van der Waals surface area contributed by atoms with Gasteiger partial charge in [-0.25, -0.2) is 0 Å². The number of hydrogen-bond acceptors (Lipinski definition) is 5. The van der Waals surface area contributed by atoms with Crippen molar-refractivity contribution in [2.24, 2.45) is 0 Å². The van der Waals surface area contributed by atoms with Gasteiger partial charge in [0, 0.05) is 11.1 Å². The van der Waals surface area contributed by atoms with Crippen molar-refractivity contribution < 1.29 is 24.0 Å². The quantitative estimate of drug-likeness (QED) is 0.694. The smallest absolute Gasteiger partial charge is 0.258 e. The lowest BCUT2D eigenvalue weighted by Gasteiger charge is -2.18. The van der Waals surface area contributed by atoms with E-state index in [1.165, 1.54) is 36.4 Å². The minimum atomic E-state index is -0.813. The molecule has 0 radical (unpaired) electrons. The molecular weight excluding hydrogens is 312 g/mol. The molecule has 2 aliphatic rings. The topological polar surface area (TPSA) is 109 Å². The van der Waals surface area contributed by atoms with E-state index >= 15 is 0 Å². The third kappa shape index (κ3) is 1.88. The van der Waals surface area contributed by atoms with Gasteiger partial charge in [-0.05, 0) is 24.3 Å². The Balaban J connectivity index is 2.16. The monoisotopic (exact) mass is 320 g/mol. The molecule has 7 nitrogen and oxygen atoms in total. The molecule has 4 bridgehead atoms. The molecule has 4 rings (SSSR count). The summed E-state index contributed by atoms with van der Waals surface area (Å²) >= 11 is 0. The van der Waals surface area contributed by atoms with Crippen molar-refractivity contribution in [3.63, 3.8) is 0 Å². The normalized spacial score (nSPS) is 15.8. The largest absolute Gasteiger partial charge is 0.289 e. The van der Waals surface area contributed by atoms with Crippen LogP contribution in [-0.4, -0.2) is 29.4 Å². The molecule has 0 saturated carbocycles. The minimum absolute atomic E-state index is 0.0938. The Morgan fingerprint density at radius 3 is 1.29 bits per heavy atom. The van der Waals surface area contributed by atoms with Crippen molar-refractivity contribution in [1.29, 1.82) is 0 Å². The fourth-order valence-corrected chi connectivity index (χ4v) is 2.78. The third-order valence-electron chi connectivity index (χ3n) is 4.00. The molecule has 0 fully saturated rings. The predicted molar refractivity (Wildman–Crippen MR) is 79.9 cm³/mol. The summed E-state index contributed by atoms with van der Waals surface area (Å²) in [6.07, 6.45) is 0. The van der Waals surface area contributed by atoms with Gasteiger partial charge in [0.2, 0.25) is 0 Å². The van der Waals surface area contributed by atoms with Gasteiger partial charge in [0.25, 0.3) is 23.6 Å². The van der Waals surface area contributed by atoms with E-state index in [1.807, 2.05) is 0 Å². The molecule has 0 aliphatic carbocycles. The van der Waals surface area contributed by atoms with Crippen molar-refractivity contribution in [3.05, 3.63) is 69.8 Å². The van der Waals surface area contributed by atoms with Crippen LogP contribution in [0.3, 0.4) is 0 Å². The zero-order chi connectivity index (χ0) is 17.0. The summed E-state index contributed by atoms with van der Waals surface area (Å²) in [6, 6.07) is 7.85. The maximum atomic E-state index is 12.6. The van der Waals surface area contributed by atoms with Crippen molar-refractivity contribution in [2.75, 3.05) is 0 Å². The van der Waals surface area contributed by atoms with Crippen LogP contribution in [0.5, 0.6) is 0 Å². The minimum Gasteiger partial charge on any atom is -0.289 e. The highest BCUT2D eigenvalue weighted by atomic mass is 16.2. The molecule has 2 aromatic rings. The molecule has 0 spiro atoms. The van der Waals surface area contributed by atoms with Gasteiger partial charge in [-0.15, -0.1) is 0 Å². The summed E-state index contributed by atoms with van der Waals surface area (Å²) in [7, 11) is 0. The summed E-state index contributed by atoms with van der Waals surface area (Å²) in [5.41, 5.74) is -0.0678. The Kier molecular flexibility index (Phi) is 2.74. The van der Waals surface area contributed by atoms with Crippen LogP contribution in [0.15, 0.2) is 36.4 Å². The zero-order valence-corrected chi connectivity index (χ0v) is 12.0. The van der Waals surface area contributed by atoms with Gasteiger partial charge < -0.3 is 0 Å². The molecule has 2 aromatic carbocycles. The van der Waals surface area contributed by atoms with Crippen molar-refractivity contribution >= 4 is 29.4 Å². The van der Waals surface area contributed by atoms with E-state index in [2.05, 4.69) is 10.6 Å². The number of hydrogen-bond donors (Lipinski definition) is 2. The maximum absolute atomic E-state index is 12.6. The van der Waals surface area contributed by atoms with Gasteiger partial charge in [0.15, 0.2) is 5.78 Å². The van der Waals surface area contributed by atoms with E-state index in [0.717, 1.165) is 0 Å². The highest BCUT2D eigenvalue weighted by Crippen LogP contribution is 2.22. The molecule has 116 valence electrons. The first-order valence-electron chi connectivity index (χ1n) is 7.00. The Bertz CT molecular complexity index is 929. The molecule has 7 heteroatoms. The van der Waals surface area contributed by atoms with E-state index in [9.17, 15) is 24.0 Å². The number of rotatable bonds is 0.